The van der Waals surface area contributed by atoms with Crippen molar-refractivity contribution in [2.45, 2.75) is 0 Å². The molecule has 15 heavy (non-hydrogen) atoms. The largest absolute Gasteiger partial charge is 0.465 e. The molecule has 0 aliphatic heterocycles. The van der Waals surface area contributed by atoms with Gasteiger partial charge in [0.05, 0.1) is 12.5 Å². The number of methoxy groups -OCH3 is 1. The molecule has 6 heteroatoms. The van der Waals surface area contributed by atoms with Gasteiger partial charge in [-0.15, -0.1) is 0 Å². The van der Waals surface area contributed by atoms with E-state index in [9.17, 15) is 9.59 Å². The molecule has 0 bridgehead atoms. The Bertz CT molecular complexity index is 576. The first-order valence-electron chi connectivity index (χ1n) is 4.04. The summed E-state index contributed by atoms with van der Waals surface area (Å²) in [6.07, 6.45) is 2.70. The number of carbonyl (C=O) groups is 1. The van der Waals surface area contributed by atoms with Gasteiger partial charge in [-0.25, -0.2) is 19.6 Å². The van der Waals surface area contributed by atoms with Crippen molar-refractivity contribution in [2.75, 3.05) is 7.11 Å². The minimum atomic E-state index is -0.770. The third-order valence-electron chi connectivity index (χ3n) is 1.82. The topological polar surface area (TPSA) is 82.3 Å². The van der Waals surface area contributed by atoms with Gasteiger partial charge in [0, 0.05) is 6.20 Å². The van der Waals surface area contributed by atoms with Gasteiger partial charge >= 0.3 is 11.6 Å². The fraction of sp³-hybridized carbons (Fsp3) is 0.111. The second-order valence-electron chi connectivity index (χ2n) is 2.72. The highest BCUT2D eigenvalue weighted by molar-refractivity contribution is 5.91. The van der Waals surface area contributed by atoms with Gasteiger partial charge < -0.3 is 9.15 Å². The van der Waals surface area contributed by atoms with Gasteiger partial charge in [-0.1, -0.05) is 0 Å². The number of hydrogen-bond donors (Lipinski definition) is 0. The second kappa shape index (κ2) is 3.49. The van der Waals surface area contributed by atoms with Crippen molar-refractivity contribution in [1.82, 2.24) is 9.97 Å². The fourth-order valence-corrected chi connectivity index (χ4v) is 1.12. The Morgan fingerprint density at radius 2 is 2.33 bits per heavy atom. The Hall–Kier alpha value is -2.24. The molecule has 0 aliphatic carbocycles. The van der Waals surface area contributed by atoms with Gasteiger partial charge in [-0.2, -0.15) is 0 Å². The van der Waals surface area contributed by atoms with E-state index >= 15 is 0 Å². The Morgan fingerprint density at radius 3 is 3.07 bits per heavy atom. The molecule has 0 saturated carbocycles. The van der Waals surface area contributed by atoms with Crippen LogP contribution in [0.5, 0.6) is 0 Å². The Morgan fingerprint density at radius 1 is 1.53 bits per heavy atom. The lowest BCUT2D eigenvalue weighted by atomic mass is 10.2. The van der Waals surface area contributed by atoms with Gasteiger partial charge in [0.15, 0.2) is 0 Å². The highest BCUT2D eigenvalue weighted by atomic mass is 16.5. The zero-order chi connectivity index (χ0) is 10.8. The number of hydrogen-bond acceptors (Lipinski definition) is 6. The fourth-order valence-electron chi connectivity index (χ4n) is 1.12. The molecular formula is C9H6N2O4. The first-order chi connectivity index (χ1) is 7.22. The molecule has 6 nitrogen and oxygen atoms in total. The van der Waals surface area contributed by atoms with Gasteiger partial charge in [-0.05, 0) is 6.07 Å². The van der Waals surface area contributed by atoms with Crippen molar-refractivity contribution in [1.29, 1.82) is 0 Å². The van der Waals surface area contributed by atoms with Crippen molar-refractivity contribution >= 4 is 17.1 Å². The zero-order valence-corrected chi connectivity index (χ0v) is 7.76. The molecule has 2 rings (SSSR count). The minimum Gasteiger partial charge on any atom is -0.465 e. The first kappa shape index (κ1) is 9.32. The lowest BCUT2D eigenvalue weighted by molar-refractivity contribution is 0.0596. The summed E-state index contributed by atoms with van der Waals surface area (Å²) in [4.78, 5) is 29.9. The maximum atomic E-state index is 11.3. The summed E-state index contributed by atoms with van der Waals surface area (Å²) in [6.45, 7) is 0. The average molecular weight is 206 g/mol. The molecule has 0 aliphatic rings. The van der Waals surface area contributed by atoms with Crippen LogP contribution in [0, 0.1) is 0 Å². The summed E-state index contributed by atoms with van der Waals surface area (Å²) >= 11 is 0. The summed E-state index contributed by atoms with van der Waals surface area (Å²) < 4.78 is 9.23. The summed E-state index contributed by atoms with van der Waals surface area (Å²) in [5.74, 6) is -0.741. The SMILES string of the molecule is COC(=O)c1cc2cncnc2oc1=O. The molecule has 76 valence electrons. The summed E-state index contributed by atoms with van der Waals surface area (Å²) in [7, 11) is 1.19. The first-order valence-corrected chi connectivity index (χ1v) is 4.04. The Balaban J connectivity index is 2.73. The standard InChI is InChI=1S/C9H6N2O4/c1-14-8(12)6-2-5-3-10-4-11-7(5)15-9(6)13/h2-4H,1H3. The van der Waals surface area contributed by atoms with E-state index in [1.54, 1.807) is 0 Å². The lowest BCUT2D eigenvalue weighted by Gasteiger charge is -1.98. The van der Waals surface area contributed by atoms with Crippen LogP contribution >= 0.6 is 0 Å². The van der Waals surface area contributed by atoms with Crippen LogP contribution in [0.25, 0.3) is 11.1 Å². The maximum Gasteiger partial charge on any atom is 0.352 e. The van der Waals surface area contributed by atoms with Crippen molar-refractivity contribution in [2.24, 2.45) is 0 Å². The number of aromatic nitrogens is 2. The highest BCUT2D eigenvalue weighted by Crippen LogP contribution is 2.08. The quantitative estimate of drug-likeness (QED) is 0.627. The zero-order valence-electron chi connectivity index (χ0n) is 7.76. The molecule has 0 unspecified atom stereocenters. The minimum absolute atomic E-state index is 0.141. The number of rotatable bonds is 1. The predicted molar refractivity (Wildman–Crippen MR) is 49.4 cm³/mol. The molecule has 0 aromatic carbocycles. The summed E-state index contributed by atoms with van der Waals surface area (Å²) in [6, 6.07) is 1.34. The molecule has 0 radical (unpaired) electrons. The van der Waals surface area contributed by atoms with Crippen LogP contribution in [0.1, 0.15) is 10.4 Å². The van der Waals surface area contributed by atoms with Crippen LogP contribution in [0.2, 0.25) is 0 Å². The van der Waals surface area contributed by atoms with Crippen molar-refractivity contribution in [3.05, 3.63) is 34.6 Å². The second-order valence-corrected chi connectivity index (χ2v) is 2.72. The Labute approximate surface area is 83.5 Å². The van der Waals surface area contributed by atoms with E-state index in [-0.39, 0.29) is 11.3 Å². The van der Waals surface area contributed by atoms with Crippen LogP contribution in [-0.2, 0) is 4.74 Å². The molecule has 0 fully saturated rings. The number of fused-ring (bicyclic) bond motifs is 1. The van der Waals surface area contributed by atoms with E-state index in [1.807, 2.05) is 0 Å². The third-order valence-corrected chi connectivity index (χ3v) is 1.82. The van der Waals surface area contributed by atoms with E-state index < -0.39 is 11.6 Å². The molecule has 0 spiro atoms. The van der Waals surface area contributed by atoms with Crippen molar-refractivity contribution in [3.63, 3.8) is 0 Å². The monoisotopic (exact) mass is 206 g/mol. The van der Waals surface area contributed by atoms with E-state index in [2.05, 4.69) is 14.7 Å². The van der Waals surface area contributed by atoms with Crippen LogP contribution in [0.3, 0.4) is 0 Å². The summed E-state index contributed by atoms with van der Waals surface area (Å²) in [5, 5.41) is 0.470. The van der Waals surface area contributed by atoms with Crippen LogP contribution < -0.4 is 5.63 Å². The van der Waals surface area contributed by atoms with E-state index in [0.29, 0.717) is 5.39 Å². The van der Waals surface area contributed by atoms with E-state index in [0.717, 1.165) is 0 Å². The molecule has 2 aromatic rings. The smallest absolute Gasteiger partial charge is 0.352 e. The van der Waals surface area contributed by atoms with Crippen LogP contribution in [0.4, 0.5) is 0 Å². The molecular weight excluding hydrogens is 200 g/mol. The van der Waals surface area contributed by atoms with Gasteiger partial charge in [0.1, 0.15) is 11.9 Å². The van der Waals surface area contributed by atoms with Gasteiger partial charge in [0.2, 0.25) is 5.71 Å². The average Bonchev–Trinajstić information content (AvgIpc) is 2.27. The van der Waals surface area contributed by atoms with E-state index in [4.69, 9.17) is 4.42 Å². The lowest BCUT2D eigenvalue weighted by Crippen LogP contribution is -2.15. The number of nitrogens with zero attached hydrogens (tertiary/aromatic N) is 2. The molecule has 0 amide bonds. The van der Waals surface area contributed by atoms with Gasteiger partial charge in [-0.3, -0.25) is 0 Å². The number of esters is 1. The summed E-state index contributed by atoms with van der Waals surface area (Å²) in [5.41, 5.74) is -0.796. The normalized spacial score (nSPS) is 10.2. The Kier molecular flexibility index (Phi) is 2.17. The van der Waals surface area contributed by atoms with Crippen molar-refractivity contribution < 1.29 is 13.9 Å². The van der Waals surface area contributed by atoms with E-state index in [1.165, 1.54) is 25.7 Å². The molecule has 2 aromatic heterocycles. The third kappa shape index (κ3) is 1.56. The molecule has 0 saturated heterocycles. The van der Waals surface area contributed by atoms with Crippen molar-refractivity contribution in [3.8, 4) is 0 Å². The van der Waals surface area contributed by atoms with Gasteiger partial charge in [0.25, 0.3) is 0 Å². The highest BCUT2D eigenvalue weighted by Gasteiger charge is 2.13. The number of ether oxygens (including phenoxy) is 1. The molecule has 0 atom stereocenters. The van der Waals surface area contributed by atoms with Crippen LogP contribution in [0.15, 0.2) is 27.8 Å². The predicted octanol–water partition coefficient (Wildman–Crippen LogP) is 0.370. The molecule has 0 N–H and O–H groups in total. The maximum absolute atomic E-state index is 11.3. The van der Waals surface area contributed by atoms with Crippen LogP contribution in [-0.4, -0.2) is 23.0 Å². The molecule has 2 heterocycles. The number of carbonyl (C=O) groups excluding carboxylic acids is 1.